The van der Waals surface area contributed by atoms with Gasteiger partial charge in [0.1, 0.15) is 0 Å². The molecule has 0 spiro atoms. The van der Waals surface area contributed by atoms with Gasteiger partial charge in [-0.1, -0.05) is 53.4 Å². The van der Waals surface area contributed by atoms with Crippen molar-refractivity contribution in [1.29, 1.82) is 0 Å². The van der Waals surface area contributed by atoms with Crippen molar-refractivity contribution in [3.63, 3.8) is 0 Å². The number of esters is 2. The minimum Gasteiger partial charge on any atom is -0.428 e. The molecule has 112 valence electrons. The molecule has 19 heavy (non-hydrogen) atoms. The summed E-state index contributed by atoms with van der Waals surface area (Å²) in [4.78, 5) is 23.1. The second kappa shape index (κ2) is 10.8. The van der Waals surface area contributed by atoms with E-state index in [0.29, 0.717) is 0 Å². The van der Waals surface area contributed by atoms with Crippen molar-refractivity contribution in [3.8, 4) is 0 Å². The zero-order valence-electron chi connectivity index (χ0n) is 12.7. The van der Waals surface area contributed by atoms with E-state index in [1.807, 2.05) is 13.8 Å². The number of rotatable bonds is 10. The fourth-order valence-electron chi connectivity index (χ4n) is 1.69. The van der Waals surface area contributed by atoms with Gasteiger partial charge in [0.2, 0.25) is 6.79 Å². The van der Waals surface area contributed by atoms with Crippen LogP contribution >= 0.6 is 0 Å². The molecule has 0 aromatic heterocycles. The van der Waals surface area contributed by atoms with Crippen LogP contribution in [0.1, 0.15) is 66.2 Å². The van der Waals surface area contributed by atoms with Crippen LogP contribution in [-0.2, 0) is 19.1 Å². The average Bonchev–Trinajstić information content (AvgIpc) is 2.41. The smallest absolute Gasteiger partial charge is 0.311 e. The van der Waals surface area contributed by atoms with Crippen LogP contribution in [0.4, 0.5) is 0 Å². The van der Waals surface area contributed by atoms with Crippen LogP contribution in [0.15, 0.2) is 0 Å². The molecule has 0 rings (SSSR count). The summed E-state index contributed by atoms with van der Waals surface area (Å²) >= 11 is 0. The maximum absolute atomic E-state index is 11.6. The molecule has 0 saturated heterocycles. The molecule has 2 atom stereocenters. The highest BCUT2D eigenvalue weighted by Crippen LogP contribution is 2.11. The van der Waals surface area contributed by atoms with Gasteiger partial charge in [-0.3, -0.25) is 9.59 Å². The summed E-state index contributed by atoms with van der Waals surface area (Å²) in [6.07, 6.45) is 5.75. The summed E-state index contributed by atoms with van der Waals surface area (Å²) in [6.45, 7) is 7.58. The highest BCUT2D eigenvalue weighted by atomic mass is 16.7. The SMILES string of the molecule is CCCCC(C)C(=O)OCOC(=O)C(C)CCCC. The van der Waals surface area contributed by atoms with Crippen LogP contribution in [0.5, 0.6) is 0 Å². The van der Waals surface area contributed by atoms with Crippen LogP contribution in [0.3, 0.4) is 0 Å². The van der Waals surface area contributed by atoms with E-state index in [9.17, 15) is 9.59 Å². The number of carbonyl (C=O) groups is 2. The van der Waals surface area contributed by atoms with Gasteiger partial charge >= 0.3 is 11.9 Å². The van der Waals surface area contributed by atoms with E-state index < -0.39 is 0 Å². The molecular formula is C15H28O4. The summed E-state index contributed by atoms with van der Waals surface area (Å²) < 4.78 is 9.89. The molecule has 0 aliphatic carbocycles. The molecule has 0 bridgehead atoms. The van der Waals surface area contributed by atoms with Crippen LogP contribution in [0, 0.1) is 11.8 Å². The Hall–Kier alpha value is -1.06. The van der Waals surface area contributed by atoms with Crippen molar-refractivity contribution >= 4 is 11.9 Å². The van der Waals surface area contributed by atoms with E-state index in [2.05, 4.69) is 13.8 Å². The van der Waals surface area contributed by atoms with E-state index in [1.165, 1.54) is 0 Å². The molecule has 4 nitrogen and oxygen atoms in total. The maximum Gasteiger partial charge on any atom is 0.311 e. The summed E-state index contributed by atoms with van der Waals surface area (Å²) in [6, 6.07) is 0. The molecule has 4 heteroatoms. The predicted octanol–water partition coefficient (Wildman–Crippen LogP) is 3.68. The number of ether oxygens (including phenoxy) is 2. The quantitative estimate of drug-likeness (QED) is 0.449. The van der Waals surface area contributed by atoms with Gasteiger partial charge in [0.25, 0.3) is 0 Å². The zero-order valence-corrected chi connectivity index (χ0v) is 12.7. The number of carbonyl (C=O) groups excluding carboxylic acids is 2. The molecular weight excluding hydrogens is 244 g/mol. The molecule has 0 aromatic carbocycles. The van der Waals surface area contributed by atoms with Crippen molar-refractivity contribution < 1.29 is 19.1 Å². The number of hydrogen-bond acceptors (Lipinski definition) is 4. The highest BCUT2D eigenvalue weighted by molar-refractivity contribution is 5.73. The van der Waals surface area contributed by atoms with E-state index in [0.717, 1.165) is 38.5 Å². The molecule has 0 heterocycles. The van der Waals surface area contributed by atoms with Gasteiger partial charge in [-0.15, -0.1) is 0 Å². The Balaban J connectivity index is 3.77. The first kappa shape index (κ1) is 17.9. The molecule has 0 N–H and O–H groups in total. The molecule has 0 aliphatic rings. The van der Waals surface area contributed by atoms with Crippen LogP contribution < -0.4 is 0 Å². The van der Waals surface area contributed by atoms with E-state index in [-0.39, 0.29) is 30.6 Å². The van der Waals surface area contributed by atoms with Crippen molar-refractivity contribution in [3.05, 3.63) is 0 Å². The number of unbranched alkanes of at least 4 members (excludes halogenated alkanes) is 2. The lowest BCUT2D eigenvalue weighted by atomic mass is 10.1. The summed E-state index contributed by atoms with van der Waals surface area (Å²) in [5.41, 5.74) is 0. The first-order valence-corrected chi connectivity index (χ1v) is 7.36. The average molecular weight is 272 g/mol. The molecule has 0 fully saturated rings. The van der Waals surface area contributed by atoms with Gasteiger partial charge in [-0.2, -0.15) is 0 Å². The Morgan fingerprint density at radius 2 is 1.21 bits per heavy atom. The Bertz CT molecular complexity index is 237. The highest BCUT2D eigenvalue weighted by Gasteiger charge is 2.17. The topological polar surface area (TPSA) is 52.6 Å². The van der Waals surface area contributed by atoms with E-state index in [1.54, 1.807) is 0 Å². The second-order valence-electron chi connectivity index (χ2n) is 5.13. The third-order valence-electron chi connectivity index (χ3n) is 3.19. The van der Waals surface area contributed by atoms with Crippen molar-refractivity contribution in [2.24, 2.45) is 11.8 Å². The molecule has 0 saturated carbocycles. The third kappa shape index (κ3) is 8.62. The molecule has 2 unspecified atom stereocenters. The molecule has 0 amide bonds. The van der Waals surface area contributed by atoms with Gasteiger partial charge < -0.3 is 9.47 Å². The van der Waals surface area contributed by atoms with Crippen molar-refractivity contribution in [2.75, 3.05) is 6.79 Å². The minimum absolute atomic E-state index is 0.129. The first-order valence-electron chi connectivity index (χ1n) is 7.36. The monoisotopic (exact) mass is 272 g/mol. The Morgan fingerprint density at radius 3 is 1.53 bits per heavy atom. The Morgan fingerprint density at radius 1 is 0.842 bits per heavy atom. The third-order valence-corrected chi connectivity index (χ3v) is 3.19. The Labute approximate surface area is 116 Å². The lowest BCUT2D eigenvalue weighted by Gasteiger charge is -2.13. The summed E-state index contributed by atoms with van der Waals surface area (Å²) in [7, 11) is 0. The predicted molar refractivity (Wildman–Crippen MR) is 74.4 cm³/mol. The standard InChI is InChI=1S/C15H28O4/c1-5-7-9-12(3)14(16)18-11-19-15(17)13(4)10-8-6-2/h12-13H,5-11H2,1-4H3. The normalized spacial score (nSPS) is 13.7. The van der Waals surface area contributed by atoms with Crippen molar-refractivity contribution in [2.45, 2.75) is 66.2 Å². The molecule has 0 aliphatic heterocycles. The maximum atomic E-state index is 11.6. The van der Waals surface area contributed by atoms with Gasteiger partial charge in [0.15, 0.2) is 0 Å². The van der Waals surface area contributed by atoms with E-state index >= 15 is 0 Å². The molecule has 0 radical (unpaired) electrons. The van der Waals surface area contributed by atoms with Crippen LogP contribution in [0.2, 0.25) is 0 Å². The fourth-order valence-corrected chi connectivity index (χ4v) is 1.69. The van der Waals surface area contributed by atoms with E-state index in [4.69, 9.17) is 9.47 Å². The summed E-state index contributed by atoms with van der Waals surface area (Å²) in [5, 5.41) is 0. The fraction of sp³-hybridized carbons (Fsp3) is 0.867. The largest absolute Gasteiger partial charge is 0.428 e. The van der Waals surface area contributed by atoms with Crippen LogP contribution in [0.25, 0.3) is 0 Å². The molecule has 0 aromatic rings. The zero-order chi connectivity index (χ0) is 14.7. The minimum atomic E-state index is -0.289. The van der Waals surface area contributed by atoms with Gasteiger partial charge in [0.05, 0.1) is 11.8 Å². The lowest BCUT2D eigenvalue weighted by Crippen LogP contribution is -2.21. The van der Waals surface area contributed by atoms with Gasteiger partial charge in [0, 0.05) is 0 Å². The van der Waals surface area contributed by atoms with Gasteiger partial charge in [-0.05, 0) is 12.8 Å². The van der Waals surface area contributed by atoms with Crippen molar-refractivity contribution in [1.82, 2.24) is 0 Å². The number of hydrogen-bond donors (Lipinski definition) is 0. The first-order chi connectivity index (χ1) is 9.02. The van der Waals surface area contributed by atoms with Crippen LogP contribution in [-0.4, -0.2) is 18.7 Å². The van der Waals surface area contributed by atoms with Gasteiger partial charge in [-0.25, -0.2) is 0 Å². The Kier molecular flexibility index (Phi) is 10.2. The summed E-state index contributed by atoms with van der Waals surface area (Å²) in [5.74, 6) is -0.836. The second-order valence-corrected chi connectivity index (χ2v) is 5.13. The lowest BCUT2D eigenvalue weighted by molar-refractivity contribution is -0.172.